The Labute approximate surface area is 73.0 Å². The van der Waals surface area contributed by atoms with Crippen LogP contribution in [0, 0.1) is 6.92 Å². The SMILES string of the molecule is CCc1ccc(SC)cc1C. The monoisotopic (exact) mass is 166 g/mol. The molecule has 0 heterocycles. The Kier molecular flexibility index (Phi) is 3.01. The number of benzene rings is 1. The summed E-state index contributed by atoms with van der Waals surface area (Å²) >= 11 is 1.80. The van der Waals surface area contributed by atoms with Gasteiger partial charge in [0.2, 0.25) is 0 Å². The molecule has 0 aliphatic rings. The molecule has 0 bridgehead atoms. The lowest BCUT2D eigenvalue weighted by atomic mass is 10.1. The van der Waals surface area contributed by atoms with Crippen molar-refractivity contribution < 1.29 is 0 Å². The zero-order chi connectivity index (χ0) is 8.27. The predicted octanol–water partition coefficient (Wildman–Crippen LogP) is 3.28. The van der Waals surface area contributed by atoms with E-state index in [1.165, 1.54) is 16.0 Å². The van der Waals surface area contributed by atoms with Crippen molar-refractivity contribution in [3.8, 4) is 0 Å². The maximum atomic E-state index is 2.25. The van der Waals surface area contributed by atoms with Crippen molar-refractivity contribution in [1.29, 1.82) is 0 Å². The zero-order valence-corrected chi connectivity index (χ0v) is 8.16. The lowest BCUT2D eigenvalue weighted by molar-refractivity contribution is 1.10. The maximum absolute atomic E-state index is 2.25. The molecule has 0 radical (unpaired) electrons. The van der Waals surface area contributed by atoms with E-state index in [-0.39, 0.29) is 0 Å². The van der Waals surface area contributed by atoms with Crippen molar-refractivity contribution in [3.05, 3.63) is 29.3 Å². The fourth-order valence-corrected chi connectivity index (χ4v) is 1.69. The maximum Gasteiger partial charge on any atom is 0.00719 e. The third kappa shape index (κ3) is 2.00. The van der Waals surface area contributed by atoms with Crippen LogP contribution in [-0.2, 0) is 6.42 Å². The highest BCUT2D eigenvalue weighted by Gasteiger charge is 1.95. The number of hydrogen-bond donors (Lipinski definition) is 0. The van der Waals surface area contributed by atoms with Gasteiger partial charge in [0.05, 0.1) is 0 Å². The van der Waals surface area contributed by atoms with Crippen LogP contribution in [0.1, 0.15) is 18.1 Å². The van der Waals surface area contributed by atoms with E-state index in [9.17, 15) is 0 Å². The van der Waals surface area contributed by atoms with Gasteiger partial charge in [-0.15, -0.1) is 11.8 Å². The largest absolute Gasteiger partial charge is 0.130 e. The Morgan fingerprint density at radius 2 is 2.09 bits per heavy atom. The summed E-state index contributed by atoms with van der Waals surface area (Å²) in [6.45, 7) is 4.37. The molecule has 0 unspecified atom stereocenters. The molecule has 1 aromatic carbocycles. The molecule has 1 aromatic rings. The minimum Gasteiger partial charge on any atom is -0.130 e. The zero-order valence-electron chi connectivity index (χ0n) is 7.35. The van der Waals surface area contributed by atoms with E-state index in [0.29, 0.717) is 0 Å². The summed E-state index contributed by atoms with van der Waals surface area (Å²) in [6, 6.07) is 6.67. The molecule has 0 amide bonds. The van der Waals surface area contributed by atoms with Crippen molar-refractivity contribution in [2.45, 2.75) is 25.2 Å². The standard InChI is InChI=1S/C10H14S/c1-4-9-5-6-10(11-3)7-8(9)2/h5-7H,4H2,1-3H3. The molecular formula is C10H14S. The van der Waals surface area contributed by atoms with E-state index in [1.54, 1.807) is 11.8 Å². The second kappa shape index (κ2) is 3.82. The molecule has 0 nitrogen and oxygen atoms in total. The molecule has 0 aromatic heterocycles. The molecule has 0 spiro atoms. The summed E-state index contributed by atoms with van der Waals surface area (Å²) in [5.41, 5.74) is 2.88. The first-order chi connectivity index (χ1) is 5.27. The van der Waals surface area contributed by atoms with E-state index in [0.717, 1.165) is 6.42 Å². The van der Waals surface area contributed by atoms with Gasteiger partial charge < -0.3 is 0 Å². The van der Waals surface area contributed by atoms with Gasteiger partial charge in [0.25, 0.3) is 0 Å². The van der Waals surface area contributed by atoms with E-state index in [1.807, 2.05) is 0 Å². The number of aryl methyl sites for hydroxylation is 2. The summed E-state index contributed by atoms with van der Waals surface area (Å²) in [5.74, 6) is 0. The van der Waals surface area contributed by atoms with Crippen LogP contribution in [0.4, 0.5) is 0 Å². The molecular weight excluding hydrogens is 152 g/mol. The highest BCUT2D eigenvalue weighted by molar-refractivity contribution is 7.98. The summed E-state index contributed by atoms with van der Waals surface area (Å²) in [4.78, 5) is 1.36. The summed E-state index contributed by atoms with van der Waals surface area (Å²) in [6.07, 6.45) is 3.25. The van der Waals surface area contributed by atoms with Gasteiger partial charge in [-0.1, -0.05) is 13.0 Å². The van der Waals surface area contributed by atoms with Gasteiger partial charge >= 0.3 is 0 Å². The van der Waals surface area contributed by atoms with Gasteiger partial charge in [-0.25, -0.2) is 0 Å². The summed E-state index contributed by atoms with van der Waals surface area (Å²) in [5, 5.41) is 0. The van der Waals surface area contributed by atoms with Crippen LogP contribution in [0.15, 0.2) is 23.1 Å². The normalized spacial score (nSPS) is 10.1. The number of thioether (sulfide) groups is 1. The minimum atomic E-state index is 1.14. The molecule has 0 aliphatic carbocycles. The van der Waals surface area contributed by atoms with Gasteiger partial charge in [0.1, 0.15) is 0 Å². The fourth-order valence-electron chi connectivity index (χ4n) is 1.19. The first kappa shape index (κ1) is 8.66. The third-order valence-electron chi connectivity index (χ3n) is 1.93. The van der Waals surface area contributed by atoms with Crippen LogP contribution >= 0.6 is 11.8 Å². The minimum absolute atomic E-state index is 1.14. The Morgan fingerprint density at radius 1 is 1.36 bits per heavy atom. The molecule has 0 N–H and O–H groups in total. The van der Waals surface area contributed by atoms with E-state index in [4.69, 9.17) is 0 Å². The van der Waals surface area contributed by atoms with E-state index in [2.05, 4.69) is 38.3 Å². The van der Waals surface area contributed by atoms with E-state index >= 15 is 0 Å². The van der Waals surface area contributed by atoms with Crippen LogP contribution < -0.4 is 0 Å². The third-order valence-corrected chi connectivity index (χ3v) is 2.66. The van der Waals surface area contributed by atoms with Gasteiger partial charge in [-0.2, -0.15) is 0 Å². The highest BCUT2D eigenvalue weighted by atomic mass is 32.2. The fraction of sp³-hybridized carbons (Fsp3) is 0.400. The molecule has 0 saturated carbocycles. The van der Waals surface area contributed by atoms with Crippen molar-refractivity contribution in [2.24, 2.45) is 0 Å². The second-order valence-corrected chi connectivity index (χ2v) is 3.53. The van der Waals surface area contributed by atoms with Crippen molar-refractivity contribution >= 4 is 11.8 Å². The van der Waals surface area contributed by atoms with Crippen LogP contribution in [-0.4, -0.2) is 6.26 Å². The smallest absolute Gasteiger partial charge is 0.00719 e. The molecule has 0 saturated heterocycles. The molecule has 0 aliphatic heterocycles. The highest BCUT2D eigenvalue weighted by Crippen LogP contribution is 2.18. The molecule has 1 heteroatoms. The van der Waals surface area contributed by atoms with E-state index < -0.39 is 0 Å². The van der Waals surface area contributed by atoms with Crippen LogP contribution in [0.5, 0.6) is 0 Å². The Balaban J connectivity index is 2.99. The quantitative estimate of drug-likeness (QED) is 0.608. The summed E-state index contributed by atoms with van der Waals surface area (Å²) in [7, 11) is 0. The first-order valence-corrected chi connectivity index (χ1v) is 5.14. The van der Waals surface area contributed by atoms with Crippen LogP contribution in [0.25, 0.3) is 0 Å². The molecule has 0 atom stereocenters. The van der Waals surface area contributed by atoms with Crippen LogP contribution in [0.2, 0.25) is 0 Å². The van der Waals surface area contributed by atoms with Crippen molar-refractivity contribution in [2.75, 3.05) is 6.26 Å². The van der Waals surface area contributed by atoms with Gasteiger partial charge in [-0.3, -0.25) is 0 Å². The Bertz CT molecular complexity index is 241. The first-order valence-electron chi connectivity index (χ1n) is 3.91. The Hall–Kier alpha value is -0.430. The average Bonchev–Trinajstić information content (AvgIpc) is 2.04. The van der Waals surface area contributed by atoms with Crippen LogP contribution in [0.3, 0.4) is 0 Å². The van der Waals surface area contributed by atoms with Gasteiger partial charge in [-0.05, 0) is 42.9 Å². The second-order valence-electron chi connectivity index (χ2n) is 2.65. The molecule has 60 valence electrons. The lowest BCUT2D eigenvalue weighted by Crippen LogP contribution is -1.85. The topological polar surface area (TPSA) is 0 Å². The molecule has 11 heavy (non-hydrogen) atoms. The average molecular weight is 166 g/mol. The predicted molar refractivity (Wildman–Crippen MR) is 52.3 cm³/mol. The number of rotatable bonds is 2. The summed E-state index contributed by atoms with van der Waals surface area (Å²) < 4.78 is 0. The van der Waals surface area contributed by atoms with Gasteiger partial charge in [0, 0.05) is 4.90 Å². The van der Waals surface area contributed by atoms with Crippen molar-refractivity contribution in [3.63, 3.8) is 0 Å². The number of hydrogen-bond acceptors (Lipinski definition) is 1. The molecule has 1 rings (SSSR count). The lowest BCUT2D eigenvalue weighted by Gasteiger charge is -2.03. The van der Waals surface area contributed by atoms with Crippen molar-refractivity contribution in [1.82, 2.24) is 0 Å². The molecule has 0 fully saturated rings. The Morgan fingerprint density at radius 3 is 2.55 bits per heavy atom. The van der Waals surface area contributed by atoms with Gasteiger partial charge in [0.15, 0.2) is 0 Å².